The van der Waals surface area contributed by atoms with Gasteiger partial charge in [0.05, 0.1) is 12.5 Å². The molecule has 0 fully saturated rings. The molecule has 0 radical (unpaired) electrons. The van der Waals surface area contributed by atoms with Gasteiger partial charge in [0.15, 0.2) is 5.65 Å². The topological polar surface area (TPSA) is 39.9 Å². The van der Waals surface area contributed by atoms with E-state index in [1.807, 2.05) is 19.1 Å². The smallest absolute Gasteiger partial charge is 0.215 e. The third-order valence-electron chi connectivity index (χ3n) is 3.77. The Morgan fingerprint density at radius 3 is 2.62 bits per heavy atom. The molecule has 0 amide bonds. The molecule has 0 aliphatic rings. The molecule has 0 saturated heterocycles. The fourth-order valence-corrected chi connectivity index (χ4v) is 2.78. The first-order valence-corrected chi connectivity index (χ1v) is 8.09. The molecule has 2 unspecified atom stereocenters. The van der Waals surface area contributed by atoms with E-state index in [0.29, 0.717) is 11.9 Å². The monoisotopic (exact) mass is 309 g/mol. The van der Waals surface area contributed by atoms with Gasteiger partial charge in [-0.15, -0.1) is 11.6 Å². The van der Waals surface area contributed by atoms with E-state index in [0.717, 1.165) is 23.4 Å². The molecular weight excluding hydrogens is 286 g/mol. The molecule has 21 heavy (non-hydrogen) atoms. The zero-order chi connectivity index (χ0) is 15.4. The summed E-state index contributed by atoms with van der Waals surface area (Å²) in [6, 6.07) is 4.11. The lowest BCUT2D eigenvalue weighted by Crippen LogP contribution is -2.11. The Kier molecular flexibility index (Phi) is 5.45. The van der Waals surface area contributed by atoms with Gasteiger partial charge in [-0.1, -0.05) is 26.2 Å². The maximum atomic E-state index is 6.32. The molecule has 0 bridgehead atoms. The van der Waals surface area contributed by atoms with Crippen molar-refractivity contribution in [1.29, 1.82) is 0 Å². The quantitative estimate of drug-likeness (QED) is 0.540. The Hall–Kier alpha value is -1.29. The number of pyridine rings is 1. The van der Waals surface area contributed by atoms with Gasteiger partial charge in [0.25, 0.3) is 0 Å². The van der Waals surface area contributed by atoms with Crippen molar-refractivity contribution in [3.05, 3.63) is 18.0 Å². The second-order valence-electron chi connectivity index (χ2n) is 5.50. The maximum Gasteiger partial charge on any atom is 0.215 e. The summed E-state index contributed by atoms with van der Waals surface area (Å²) >= 11 is 6.32. The minimum absolute atomic E-state index is 0.140. The minimum atomic E-state index is -0.140. The van der Waals surface area contributed by atoms with Crippen molar-refractivity contribution in [1.82, 2.24) is 14.5 Å². The molecule has 0 aromatic carbocycles. The van der Waals surface area contributed by atoms with E-state index in [1.165, 1.54) is 19.3 Å². The number of alkyl halides is 1. The SMILES string of the molecule is CCCCCC(C)n1c(C(C)Cl)nc2ccc(OC)nc21. The van der Waals surface area contributed by atoms with E-state index in [-0.39, 0.29) is 5.38 Å². The van der Waals surface area contributed by atoms with Gasteiger partial charge in [-0.25, -0.2) is 4.98 Å². The summed E-state index contributed by atoms with van der Waals surface area (Å²) in [5.74, 6) is 1.50. The van der Waals surface area contributed by atoms with Crippen molar-refractivity contribution in [2.45, 2.75) is 57.9 Å². The van der Waals surface area contributed by atoms with E-state index in [2.05, 4.69) is 28.4 Å². The molecule has 2 heterocycles. The number of methoxy groups -OCH3 is 1. The van der Waals surface area contributed by atoms with Crippen LogP contribution in [0.5, 0.6) is 5.88 Å². The molecule has 2 atom stereocenters. The average molecular weight is 310 g/mol. The van der Waals surface area contributed by atoms with Crippen LogP contribution in [0.4, 0.5) is 0 Å². The molecule has 2 rings (SSSR count). The number of hydrogen-bond donors (Lipinski definition) is 0. The average Bonchev–Trinajstić information content (AvgIpc) is 2.86. The number of nitrogens with zero attached hydrogens (tertiary/aromatic N) is 3. The van der Waals surface area contributed by atoms with Crippen LogP contribution in [0.25, 0.3) is 11.2 Å². The summed E-state index contributed by atoms with van der Waals surface area (Å²) in [5.41, 5.74) is 1.74. The zero-order valence-electron chi connectivity index (χ0n) is 13.3. The number of ether oxygens (including phenoxy) is 1. The van der Waals surface area contributed by atoms with E-state index in [4.69, 9.17) is 16.3 Å². The van der Waals surface area contributed by atoms with Crippen LogP contribution in [0, 0.1) is 0 Å². The number of halogens is 1. The maximum absolute atomic E-state index is 6.32. The van der Waals surface area contributed by atoms with Gasteiger partial charge < -0.3 is 9.30 Å². The fourth-order valence-electron chi connectivity index (χ4n) is 2.62. The number of aromatic nitrogens is 3. The molecule has 0 aliphatic carbocycles. The Labute approximate surface area is 131 Å². The minimum Gasteiger partial charge on any atom is -0.481 e. The van der Waals surface area contributed by atoms with Crippen LogP contribution in [0.3, 0.4) is 0 Å². The molecule has 2 aromatic heterocycles. The highest BCUT2D eigenvalue weighted by Crippen LogP contribution is 2.30. The summed E-state index contributed by atoms with van der Waals surface area (Å²) in [7, 11) is 1.63. The highest BCUT2D eigenvalue weighted by molar-refractivity contribution is 6.20. The summed E-state index contributed by atoms with van der Waals surface area (Å²) in [6.07, 6.45) is 4.79. The number of rotatable bonds is 7. The lowest BCUT2D eigenvalue weighted by molar-refractivity contribution is 0.397. The Morgan fingerprint density at radius 1 is 1.24 bits per heavy atom. The lowest BCUT2D eigenvalue weighted by atomic mass is 10.1. The zero-order valence-corrected chi connectivity index (χ0v) is 14.0. The second kappa shape index (κ2) is 7.12. The van der Waals surface area contributed by atoms with Crippen LogP contribution >= 0.6 is 11.6 Å². The predicted molar refractivity (Wildman–Crippen MR) is 87.2 cm³/mol. The third-order valence-corrected chi connectivity index (χ3v) is 3.97. The van der Waals surface area contributed by atoms with Gasteiger partial charge >= 0.3 is 0 Å². The van der Waals surface area contributed by atoms with Crippen molar-refractivity contribution in [2.75, 3.05) is 7.11 Å². The van der Waals surface area contributed by atoms with Crippen LogP contribution in [0.2, 0.25) is 0 Å². The van der Waals surface area contributed by atoms with Gasteiger partial charge in [-0.2, -0.15) is 4.98 Å². The van der Waals surface area contributed by atoms with E-state index >= 15 is 0 Å². The Bertz CT molecular complexity index is 594. The summed E-state index contributed by atoms with van der Waals surface area (Å²) in [4.78, 5) is 9.22. The van der Waals surface area contributed by atoms with E-state index < -0.39 is 0 Å². The fraction of sp³-hybridized carbons (Fsp3) is 0.625. The second-order valence-corrected chi connectivity index (χ2v) is 6.15. The molecule has 0 N–H and O–H groups in total. The largest absolute Gasteiger partial charge is 0.481 e. The normalized spacial score (nSPS) is 14.3. The third kappa shape index (κ3) is 3.49. The summed E-state index contributed by atoms with van der Waals surface area (Å²) in [6.45, 7) is 6.38. The summed E-state index contributed by atoms with van der Waals surface area (Å²) in [5, 5.41) is -0.140. The Morgan fingerprint density at radius 2 is 2.00 bits per heavy atom. The molecule has 2 aromatic rings. The van der Waals surface area contributed by atoms with Gasteiger partial charge in [0.1, 0.15) is 11.3 Å². The lowest BCUT2D eigenvalue weighted by Gasteiger charge is -2.18. The van der Waals surface area contributed by atoms with Crippen LogP contribution in [-0.2, 0) is 0 Å². The molecule has 0 aliphatic heterocycles. The van der Waals surface area contributed by atoms with Crippen LogP contribution in [-0.4, -0.2) is 21.6 Å². The van der Waals surface area contributed by atoms with Crippen molar-refractivity contribution in [2.24, 2.45) is 0 Å². The van der Waals surface area contributed by atoms with Gasteiger partial charge in [0, 0.05) is 12.1 Å². The van der Waals surface area contributed by atoms with Crippen molar-refractivity contribution >= 4 is 22.8 Å². The molecular formula is C16H24ClN3O. The highest BCUT2D eigenvalue weighted by Gasteiger charge is 2.20. The highest BCUT2D eigenvalue weighted by atomic mass is 35.5. The van der Waals surface area contributed by atoms with E-state index in [9.17, 15) is 0 Å². The molecule has 0 spiro atoms. The standard InChI is InChI=1S/C16H24ClN3O/c1-5-6-7-8-11(2)20-15(12(3)17)18-13-9-10-14(21-4)19-16(13)20/h9-12H,5-8H2,1-4H3. The molecule has 0 saturated carbocycles. The number of imidazole rings is 1. The first-order valence-electron chi connectivity index (χ1n) is 7.65. The van der Waals surface area contributed by atoms with Gasteiger partial charge in [0.2, 0.25) is 5.88 Å². The predicted octanol–water partition coefficient (Wildman–Crippen LogP) is 4.88. The van der Waals surface area contributed by atoms with Gasteiger partial charge in [-0.3, -0.25) is 0 Å². The molecule has 4 nitrogen and oxygen atoms in total. The molecule has 116 valence electrons. The Balaban J connectivity index is 2.43. The van der Waals surface area contributed by atoms with Crippen LogP contribution < -0.4 is 4.74 Å². The van der Waals surface area contributed by atoms with Crippen LogP contribution in [0.15, 0.2) is 12.1 Å². The van der Waals surface area contributed by atoms with Crippen LogP contribution in [0.1, 0.15) is 63.7 Å². The molecule has 5 heteroatoms. The van der Waals surface area contributed by atoms with Gasteiger partial charge in [-0.05, 0) is 26.3 Å². The van der Waals surface area contributed by atoms with E-state index in [1.54, 1.807) is 7.11 Å². The first kappa shape index (κ1) is 16.1. The summed E-state index contributed by atoms with van der Waals surface area (Å²) < 4.78 is 7.41. The number of unbranched alkanes of at least 4 members (excludes halogenated alkanes) is 2. The van der Waals surface area contributed by atoms with Crippen molar-refractivity contribution in [3.8, 4) is 5.88 Å². The number of fused-ring (bicyclic) bond motifs is 1. The number of hydrogen-bond acceptors (Lipinski definition) is 3. The van der Waals surface area contributed by atoms with Crippen molar-refractivity contribution < 1.29 is 4.74 Å². The van der Waals surface area contributed by atoms with Crippen molar-refractivity contribution in [3.63, 3.8) is 0 Å². The first-order chi connectivity index (χ1) is 10.1.